The Hall–Kier alpha value is -1.55. The topological polar surface area (TPSA) is 64.3 Å². The lowest BCUT2D eigenvalue weighted by Gasteiger charge is -2.22. The molecule has 0 aliphatic heterocycles. The Balaban J connectivity index is 1.94. The standard InChI is InChI=1S/C15H22N2O2/c1-2-8-17-15(18)10-19-12-7-6-11-4-3-5-14(16)13(11)9-12/h6-7,9,14H,2-5,8,10,16H2,1H3,(H,17,18)/t14-/m0/s1. The number of amides is 1. The van der Waals surface area contributed by atoms with Gasteiger partial charge in [0.15, 0.2) is 6.61 Å². The maximum atomic E-state index is 11.5. The molecule has 4 heteroatoms. The van der Waals surface area contributed by atoms with Crippen molar-refractivity contribution in [2.75, 3.05) is 13.2 Å². The molecule has 1 aliphatic rings. The van der Waals surface area contributed by atoms with Gasteiger partial charge in [0.2, 0.25) is 0 Å². The summed E-state index contributed by atoms with van der Waals surface area (Å²) in [6.07, 6.45) is 4.18. The molecule has 4 nitrogen and oxygen atoms in total. The molecule has 0 radical (unpaired) electrons. The number of nitrogens with two attached hydrogens (primary N) is 1. The molecule has 1 amide bonds. The Morgan fingerprint density at radius 3 is 3.16 bits per heavy atom. The molecule has 1 atom stereocenters. The van der Waals surface area contributed by atoms with E-state index in [1.54, 1.807) is 0 Å². The van der Waals surface area contributed by atoms with Crippen LogP contribution >= 0.6 is 0 Å². The van der Waals surface area contributed by atoms with Crippen LogP contribution in [0.15, 0.2) is 18.2 Å². The van der Waals surface area contributed by atoms with Gasteiger partial charge >= 0.3 is 0 Å². The highest BCUT2D eigenvalue weighted by molar-refractivity contribution is 5.77. The number of carbonyl (C=O) groups excluding carboxylic acids is 1. The van der Waals surface area contributed by atoms with E-state index in [9.17, 15) is 4.79 Å². The average Bonchev–Trinajstić information content (AvgIpc) is 2.43. The first kappa shape index (κ1) is 13.9. The van der Waals surface area contributed by atoms with Gasteiger partial charge in [0.05, 0.1) is 0 Å². The highest BCUT2D eigenvalue weighted by Crippen LogP contribution is 2.30. The van der Waals surface area contributed by atoms with E-state index in [1.807, 2.05) is 19.1 Å². The molecular formula is C15H22N2O2. The summed E-state index contributed by atoms with van der Waals surface area (Å²) in [4.78, 5) is 11.5. The molecule has 0 bridgehead atoms. The van der Waals surface area contributed by atoms with Crippen LogP contribution in [-0.4, -0.2) is 19.1 Å². The highest BCUT2D eigenvalue weighted by Gasteiger charge is 2.17. The van der Waals surface area contributed by atoms with Gasteiger partial charge in [-0.15, -0.1) is 0 Å². The molecule has 0 saturated carbocycles. The van der Waals surface area contributed by atoms with Gasteiger partial charge in [0, 0.05) is 12.6 Å². The number of benzene rings is 1. The van der Waals surface area contributed by atoms with E-state index in [1.165, 1.54) is 5.56 Å². The van der Waals surface area contributed by atoms with Crippen molar-refractivity contribution >= 4 is 5.91 Å². The Kier molecular flexibility index (Phi) is 4.80. The van der Waals surface area contributed by atoms with Gasteiger partial charge in [-0.2, -0.15) is 0 Å². The molecule has 1 aromatic carbocycles. The van der Waals surface area contributed by atoms with Gasteiger partial charge in [0.1, 0.15) is 5.75 Å². The lowest BCUT2D eigenvalue weighted by Crippen LogP contribution is -2.29. The number of nitrogens with one attached hydrogen (secondary N) is 1. The fourth-order valence-corrected chi connectivity index (χ4v) is 2.37. The molecule has 0 spiro atoms. The molecule has 0 heterocycles. The van der Waals surface area contributed by atoms with Gasteiger partial charge in [-0.3, -0.25) is 4.79 Å². The second-order valence-corrected chi connectivity index (χ2v) is 5.00. The smallest absolute Gasteiger partial charge is 0.257 e. The predicted molar refractivity (Wildman–Crippen MR) is 75.1 cm³/mol. The van der Waals surface area contributed by atoms with Crippen LogP contribution in [-0.2, 0) is 11.2 Å². The monoisotopic (exact) mass is 262 g/mol. The molecular weight excluding hydrogens is 240 g/mol. The summed E-state index contributed by atoms with van der Waals surface area (Å²) >= 11 is 0. The molecule has 104 valence electrons. The zero-order valence-corrected chi connectivity index (χ0v) is 11.4. The van der Waals surface area contributed by atoms with E-state index in [4.69, 9.17) is 10.5 Å². The summed E-state index contributed by atoms with van der Waals surface area (Å²) in [5, 5.41) is 2.79. The second-order valence-electron chi connectivity index (χ2n) is 5.00. The summed E-state index contributed by atoms with van der Waals surface area (Å²) in [7, 11) is 0. The van der Waals surface area contributed by atoms with Crippen LogP contribution in [0.25, 0.3) is 0 Å². The van der Waals surface area contributed by atoms with Crippen LogP contribution in [0.5, 0.6) is 5.75 Å². The number of carbonyl (C=O) groups is 1. The zero-order valence-electron chi connectivity index (χ0n) is 11.4. The normalized spacial score (nSPS) is 17.7. The van der Waals surface area contributed by atoms with Gasteiger partial charge in [-0.05, 0) is 48.9 Å². The average molecular weight is 262 g/mol. The van der Waals surface area contributed by atoms with E-state index in [0.29, 0.717) is 6.54 Å². The summed E-state index contributed by atoms with van der Waals surface area (Å²) in [6.45, 7) is 2.78. The summed E-state index contributed by atoms with van der Waals surface area (Å²) < 4.78 is 5.51. The minimum atomic E-state index is -0.0798. The van der Waals surface area contributed by atoms with Crippen LogP contribution in [0.4, 0.5) is 0 Å². The van der Waals surface area contributed by atoms with Crippen molar-refractivity contribution in [1.82, 2.24) is 5.32 Å². The molecule has 1 aliphatic carbocycles. The molecule has 3 N–H and O–H groups in total. The number of hydrogen-bond acceptors (Lipinski definition) is 3. The first-order valence-corrected chi connectivity index (χ1v) is 6.98. The quantitative estimate of drug-likeness (QED) is 0.852. The van der Waals surface area contributed by atoms with Crippen molar-refractivity contribution in [1.29, 1.82) is 0 Å². The second kappa shape index (κ2) is 6.57. The van der Waals surface area contributed by atoms with E-state index in [-0.39, 0.29) is 18.6 Å². The van der Waals surface area contributed by atoms with Crippen molar-refractivity contribution < 1.29 is 9.53 Å². The van der Waals surface area contributed by atoms with Crippen molar-refractivity contribution in [2.24, 2.45) is 5.73 Å². The van der Waals surface area contributed by atoms with Gasteiger partial charge < -0.3 is 15.8 Å². The van der Waals surface area contributed by atoms with Gasteiger partial charge in [-0.25, -0.2) is 0 Å². The Morgan fingerprint density at radius 2 is 2.37 bits per heavy atom. The number of ether oxygens (including phenoxy) is 1. The van der Waals surface area contributed by atoms with E-state index in [2.05, 4.69) is 11.4 Å². The lowest BCUT2D eigenvalue weighted by molar-refractivity contribution is -0.123. The third-order valence-electron chi connectivity index (χ3n) is 3.42. The SMILES string of the molecule is CCCNC(=O)COc1ccc2c(c1)[C@@H](N)CCC2. The molecule has 0 unspecified atom stereocenters. The zero-order chi connectivity index (χ0) is 13.7. The Morgan fingerprint density at radius 1 is 1.53 bits per heavy atom. The third kappa shape index (κ3) is 3.70. The van der Waals surface area contributed by atoms with E-state index >= 15 is 0 Å². The number of fused-ring (bicyclic) bond motifs is 1. The van der Waals surface area contributed by atoms with Crippen LogP contribution in [0.1, 0.15) is 43.4 Å². The minimum absolute atomic E-state index is 0.0635. The molecule has 19 heavy (non-hydrogen) atoms. The third-order valence-corrected chi connectivity index (χ3v) is 3.42. The largest absolute Gasteiger partial charge is 0.484 e. The van der Waals surface area contributed by atoms with Gasteiger partial charge in [-0.1, -0.05) is 13.0 Å². The van der Waals surface area contributed by atoms with Crippen LogP contribution in [0, 0.1) is 0 Å². The number of rotatable bonds is 5. The molecule has 0 saturated heterocycles. The summed E-state index contributed by atoms with van der Waals surface area (Å²) in [5.74, 6) is 0.645. The lowest BCUT2D eigenvalue weighted by atomic mass is 9.88. The first-order chi connectivity index (χ1) is 9.20. The Bertz CT molecular complexity index is 446. The fourth-order valence-electron chi connectivity index (χ4n) is 2.37. The minimum Gasteiger partial charge on any atom is -0.484 e. The van der Waals surface area contributed by atoms with Gasteiger partial charge in [0.25, 0.3) is 5.91 Å². The Labute approximate surface area is 114 Å². The van der Waals surface area contributed by atoms with Crippen LogP contribution in [0.2, 0.25) is 0 Å². The van der Waals surface area contributed by atoms with Crippen LogP contribution in [0.3, 0.4) is 0 Å². The van der Waals surface area contributed by atoms with E-state index in [0.717, 1.165) is 37.0 Å². The van der Waals surface area contributed by atoms with Crippen LogP contribution < -0.4 is 15.8 Å². The van der Waals surface area contributed by atoms with E-state index < -0.39 is 0 Å². The maximum absolute atomic E-state index is 11.5. The first-order valence-electron chi connectivity index (χ1n) is 6.98. The summed E-state index contributed by atoms with van der Waals surface area (Å²) in [5.41, 5.74) is 8.57. The number of hydrogen-bond donors (Lipinski definition) is 2. The number of aryl methyl sites for hydroxylation is 1. The molecule has 1 aromatic rings. The fraction of sp³-hybridized carbons (Fsp3) is 0.533. The van der Waals surface area contributed by atoms with Crippen molar-refractivity contribution in [3.8, 4) is 5.75 Å². The summed E-state index contributed by atoms with van der Waals surface area (Å²) in [6, 6.07) is 6.06. The predicted octanol–water partition coefficient (Wildman–Crippen LogP) is 1.93. The molecule has 0 aromatic heterocycles. The van der Waals surface area contributed by atoms with Crippen molar-refractivity contribution in [3.63, 3.8) is 0 Å². The van der Waals surface area contributed by atoms with Crippen molar-refractivity contribution in [2.45, 2.75) is 38.6 Å². The maximum Gasteiger partial charge on any atom is 0.257 e. The van der Waals surface area contributed by atoms with Crippen molar-refractivity contribution in [3.05, 3.63) is 29.3 Å². The molecule has 0 fully saturated rings. The highest BCUT2D eigenvalue weighted by atomic mass is 16.5. The molecule has 2 rings (SSSR count).